The zero-order valence-electron chi connectivity index (χ0n) is 11.2. The molecule has 3 atom stereocenters. The van der Waals surface area contributed by atoms with Crippen LogP contribution in [0.2, 0.25) is 0 Å². The van der Waals surface area contributed by atoms with Gasteiger partial charge in [-0.25, -0.2) is 0 Å². The number of hydrogen-bond donors (Lipinski definition) is 1. The normalized spacial score (nSPS) is 29.1. The number of fused-ring (bicyclic) bond motifs is 2. The van der Waals surface area contributed by atoms with Crippen molar-refractivity contribution in [3.63, 3.8) is 0 Å². The first kappa shape index (κ1) is 12.0. The Balaban J connectivity index is 1.41. The fraction of sp³-hybridized carbons (Fsp3) is 0.529. The summed E-state index contributed by atoms with van der Waals surface area (Å²) in [5, 5.41) is 3.65. The van der Waals surface area contributed by atoms with Gasteiger partial charge < -0.3 is 5.32 Å². The number of rotatable bonds is 5. The van der Waals surface area contributed by atoms with Gasteiger partial charge in [-0.05, 0) is 68.2 Å². The topological polar surface area (TPSA) is 12.0 Å². The summed E-state index contributed by atoms with van der Waals surface area (Å²) < 4.78 is 0. The van der Waals surface area contributed by atoms with Gasteiger partial charge in [0.25, 0.3) is 0 Å². The highest BCUT2D eigenvalue weighted by atomic mass is 14.9. The SMILES string of the molecule is Cc1ccccc1CCNCC1CC2C=CC1C2. The minimum Gasteiger partial charge on any atom is -0.316 e. The van der Waals surface area contributed by atoms with Crippen LogP contribution in [-0.4, -0.2) is 13.1 Å². The second kappa shape index (κ2) is 5.27. The molecule has 2 bridgehead atoms. The first-order valence-electron chi connectivity index (χ1n) is 7.26. The van der Waals surface area contributed by atoms with Gasteiger partial charge in [-0.2, -0.15) is 0 Å². The zero-order valence-corrected chi connectivity index (χ0v) is 11.2. The highest BCUT2D eigenvalue weighted by Crippen LogP contribution is 2.42. The van der Waals surface area contributed by atoms with Crippen molar-refractivity contribution in [2.24, 2.45) is 17.8 Å². The molecule has 3 rings (SSSR count). The molecule has 0 heterocycles. The average molecular weight is 241 g/mol. The van der Waals surface area contributed by atoms with E-state index in [4.69, 9.17) is 0 Å². The largest absolute Gasteiger partial charge is 0.316 e. The molecule has 18 heavy (non-hydrogen) atoms. The van der Waals surface area contributed by atoms with Crippen LogP contribution in [-0.2, 0) is 6.42 Å². The van der Waals surface area contributed by atoms with E-state index in [0.29, 0.717) is 0 Å². The Labute approximate surface area is 110 Å². The lowest BCUT2D eigenvalue weighted by molar-refractivity contribution is 0.416. The Morgan fingerprint density at radius 1 is 1.17 bits per heavy atom. The number of allylic oxidation sites excluding steroid dienone is 2. The van der Waals surface area contributed by atoms with Crippen LogP contribution < -0.4 is 5.32 Å². The van der Waals surface area contributed by atoms with Crippen LogP contribution in [0.15, 0.2) is 36.4 Å². The fourth-order valence-corrected chi connectivity index (χ4v) is 3.53. The number of hydrogen-bond acceptors (Lipinski definition) is 1. The summed E-state index contributed by atoms with van der Waals surface area (Å²) in [6.07, 6.45) is 8.86. The van der Waals surface area contributed by atoms with Crippen LogP contribution in [0, 0.1) is 24.7 Å². The number of aryl methyl sites for hydroxylation is 1. The van der Waals surface area contributed by atoms with Gasteiger partial charge in [-0.15, -0.1) is 0 Å². The van der Waals surface area contributed by atoms with Crippen molar-refractivity contribution < 1.29 is 0 Å². The molecule has 0 saturated heterocycles. The standard InChI is InChI=1S/C17H23N/c1-13-4-2-3-5-15(13)8-9-18-12-17-11-14-6-7-16(17)10-14/h2-7,14,16-18H,8-12H2,1H3. The molecular formula is C17H23N. The molecule has 0 aromatic heterocycles. The molecule has 1 aromatic rings. The van der Waals surface area contributed by atoms with Crippen LogP contribution in [0.1, 0.15) is 24.0 Å². The third-order valence-electron chi connectivity index (χ3n) is 4.66. The summed E-state index contributed by atoms with van der Waals surface area (Å²) >= 11 is 0. The van der Waals surface area contributed by atoms with Crippen molar-refractivity contribution in [2.45, 2.75) is 26.2 Å². The summed E-state index contributed by atoms with van der Waals surface area (Å²) in [6, 6.07) is 8.71. The van der Waals surface area contributed by atoms with Gasteiger partial charge in [0.15, 0.2) is 0 Å². The third-order valence-corrected chi connectivity index (χ3v) is 4.66. The number of nitrogens with one attached hydrogen (secondary N) is 1. The summed E-state index contributed by atoms with van der Waals surface area (Å²) in [5.41, 5.74) is 2.90. The molecule has 0 aliphatic heterocycles. The van der Waals surface area contributed by atoms with Gasteiger partial charge in [0.05, 0.1) is 0 Å². The maximum absolute atomic E-state index is 3.65. The van der Waals surface area contributed by atoms with Crippen LogP contribution in [0.3, 0.4) is 0 Å². The highest BCUT2D eigenvalue weighted by Gasteiger charge is 2.34. The van der Waals surface area contributed by atoms with E-state index in [1.54, 1.807) is 0 Å². The Kier molecular flexibility index (Phi) is 3.51. The molecule has 2 aliphatic carbocycles. The maximum atomic E-state index is 3.65. The highest BCUT2D eigenvalue weighted by molar-refractivity contribution is 5.25. The second-order valence-electron chi connectivity index (χ2n) is 5.92. The van der Waals surface area contributed by atoms with Crippen molar-refractivity contribution in [2.75, 3.05) is 13.1 Å². The quantitative estimate of drug-likeness (QED) is 0.616. The molecule has 1 aromatic carbocycles. The third kappa shape index (κ3) is 2.51. The minimum absolute atomic E-state index is 0.876. The van der Waals surface area contributed by atoms with Gasteiger partial charge in [0.1, 0.15) is 0 Å². The van der Waals surface area contributed by atoms with Crippen LogP contribution in [0.4, 0.5) is 0 Å². The van der Waals surface area contributed by atoms with Gasteiger partial charge >= 0.3 is 0 Å². The summed E-state index contributed by atoms with van der Waals surface area (Å²) in [7, 11) is 0. The molecule has 1 saturated carbocycles. The van der Waals surface area contributed by atoms with Crippen LogP contribution in [0.5, 0.6) is 0 Å². The lowest BCUT2D eigenvalue weighted by Crippen LogP contribution is -2.27. The van der Waals surface area contributed by atoms with Gasteiger partial charge in [-0.1, -0.05) is 36.4 Å². The summed E-state index contributed by atoms with van der Waals surface area (Å²) in [4.78, 5) is 0. The average Bonchev–Trinajstić information content (AvgIpc) is 2.99. The molecule has 1 heteroatoms. The van der Waals surface area contributed by atoms with E-state index in [-0.39, 0.29) is 0 Å². The minimum atomic E-state index is 0.876. The molecule has 1 fully saturated rings. The zero-order chi connectivity index (χ0) is 12.4. The van der Waals surface area contributed by atoms with Crippen molar-refractivity contribution in [1.82, 2.24) is 5.32 Å². The van der Waals surface area contributed by atoms with Crippen molar-refractivity contribution in [1.29, 1.82) is 0 Å². The van der Waals surface area contributed by atoms with E-state index in [1.807, 2.05) is 0 Å². The molecular weight excluding hydrogens is 218 g/mol. The molecule has 3 unspecified atom stereocenters. The molecule has 96 valence electrons. The Morgan fingerprint density at radius 2 is 2.06 bits per heavy atom. The molecule has 0 radical (unpaired) electrons. The number of benzene rings is 1. The first-order chi connectivity index (χ1) is 8.83. The van der Waals surface area contributed by atoms with E-state index >= 15 is 0 Å². The first-order valence-corrected chi connectivity index (χ1v) is 7.26. The van der Waals surface area contributed by atoms with E-state index < -0.39 is 0 Å². The van der Waals surface area contributed by atoms with Gasteiger partial charge in [0, 0.05) is 0 Å². The monoisotopic (exact) mass is 241 g/mol. The molecule has 2 aliphatic rings. The Morgan fingerprint density at radius 3 is 2.78 bits per heavy atom. The van der Waals surface area contributed by atoms with Crippen LogP contribution in [0.25, 0.3) is 0 Å². The summed E-state index contributed by atoms with van der Waals surface area (Å²) in [6.45, 7) is 4.52. The maximum Gasteiger partial charge on any atom is -0.000813 e. The summed E-state index contributed by atoms with van der Waals surface area (Å²) in [5.74, 6) is 2.68. The molecule has 0 spiro atoms. The predicted molar refractivity (Wildman–Crippen MR) is 76.6 cm³/mol. The van der Waals surface area contributed by atoms with E-state index in [0.717, 1.165) is 30.7 Å². The lowest BCUT2D eigenvalue weighted by Gasteiger charge is -2.18. The molecule has 1 nitrogen and oxygen atoms in total. The smallest absolute Gasteiger partial charge is 0.000813 e. The van der Waals surface area contributed by atoms with Crippen molar-refractivity contribution in [3.05, 3.63) is 47.5 Å². The van der Waals surface area contributed by atoms with Gasteiger partial charge in [0.2, 0.25) is 0 Å². The van der Waals surface area contributed by atoms with E-state index in [1.165, 1.54) is 30.5 Å². The predicted octanol–water partition coefficient (Wildman–Crippen LogP) is 3.34. The van der Waals surface area contributed by atoms with Crippen molar-refractivity contribution in [3.8, 4) is 0 Å². The van der Waals surface area contributed by atoms with Crippen molar-refractivity contribution >= 4 is 0 Å². The lowest BCUT2D eigenvalue weighted by atomic mass is 9.93. The van der Waals surface area contributed by atoms with E-state index in [2.05, 4.69) is 48.7 Å². The Bertz CT molecular complexity index is 435. The Hall–Kier alpha value is -1.08. The van der Waals surface area contributed by atoms with Gasteiger partial charge in [-0.3, -0.25) is 0 Å². The molecule has 0 amide bonds. The van der Waals surface area contributed by atoms with E-state index in [9.17, 15) is 0 Å². The second-order valence-corrected chi connectivity index (χ2v) is 5.92. The van der Waals surface area contributed by atoms with Crippen LogP contribution >= 0.6 is 0 Å². The molecule has 1 N–H and O–H groups in total. The fourth-order valence-electron chi connectivity index (χ4n) is 3.53.